The lowest BCUT2D eigenvalue weighted by Crippen LogP contribution is -2.34. The van der Waals surface area contributed by atoms with Gasteiger partial charge in [-0.3, -0.25) is 4.72 Å². The molecule has 1 aromatic carbocycles. The standard InChI is InChI=1S/C11H16Cl3N3O2S/c1-15-4-3-5-17(2)20(18,19)16-11-9(13)6-8(12)7-10(11)14/h6-7,15-16H,3-5H2,1-2H3. The first-order valence-electron chi connectivity index (χ1n) is 5.81. The number of benzene rings is 1. The zero-order valence-corrected chi connectivity index (χ0v) is 14.2. The molecule has 1 aromatic rings. The summed E-state index contributed by atoms with van der Waals surface area (Å²) in [6.45, 7) is 1.10. The second-order valence-electron chi connectivity index (χ2n) is 4.13. The molecule has 1 rings (SSSR count). The second kappa shape index (κ2) is 7.68. The first-order valence-corrected chi connectivity index (χ1v) is 8.38. The maximum absolute atomic E-state index is 12.1. The molecule has 0 atom stereocenters. The number of hydrogen-bond acceptors (Lipinski definition) is 3. The summed E-state index contributed by atoms with van der Waals surface area (Å²) in [6.07, 6.45) is 0.690. The SMILES string of the molecule is CNCCCN(C)S(=O)(=O)Nc1c(Cl)cc(Cl)cc1Cl. The van der Waals surface area contributed by atoms with E-state index in [2.05, 4.69) is 10.0 Å². The molecule has 114 valence electrons. The lowest BCUT2D eigenvalue weighted by Gasteiger charge is -2.19. The minimum absolute atomic E-state index is 0.123. The van der Waals surface area contributed by atoms with Crippen molar-refractivity contribution >= 4 is 50.7 Å². The van der Waals surface area contributed by atoms with Gasteiger partial charge in [-0.25, -0.2) is 0 Å². The van der Waals surface area contributed by atoms with Gasteiger partial charge in [0.2, 0.25) is 0 Å². The summed E-state index contributed by atoms with van der Waals surface area (Å²) in [5.41, 5.74) is 0.123. The van der Waals surface area contributed by atoms with Crippen molar-refractivity contribution in [1.82, 2.24) is 9.62 Å². The Morgan fingerprint density at radius 3 is 2.25 bits per heavy atom. The predicted octanol–water partition coefficient (Wildman–Crippen LogP) is 2.84. The van der Waals surface area contributed by atoms with Gasteiger partial charge < -0.3 is 5.32 Å². The van der Waals surface area contributed by atoms with Crippen molar-refractivity contribution in [2.45, 2.75) is 6.42 Å². The van der Waals surface area contributed by atoms with Crippen molar-refractivity contribution in [1.29, 1.82) is 0 Å². The highest BCUT2D eigenvalue weighted by Gasteiger charge is 2.20. The molecule has 0 saturated heterocycles. The highest BCUT2D eigenvalue weighted by Crippen LogP contribution is 2.34. The second-order valence-corrected chi connectivity index (χ2v) is 7.16. The zero-order chi connectivity index (χ0) is 15.3. The number of halogens is 3. The minimum Gasteiger partial charge on any atom is -0.320 e. The van der Waals surface area contributed by atoms with E-state index in [1.54, 1.807) is 7.05 Å². The van der Waals surface area contributed by atoms with E-state index in [9.17, 15) is 8.42 Å². The number of anilines is 1. The molecular weight excluding hydrogens is 345 g/mol. The fourth-order valence-corrected chi connectivity index (χ4v) is 3.47. The van der Waals surface area contributed by atoms with Gasteiger partial charge in [0.15, 0.2) is 0 Å². The molecule has 0 heterocycles. The van der Waals surface area contributed by atoms with Crippen LogP contribution in [0.2, 0.25) is 15.1 Å². The topological polar surface area (TPSA) is 61.4 Å². The Bertz CT molecular complexity index is 543. The monoisotopic (exact) mass is 359 g/mol. The van der Waals surface area contributed by atoms with Gasteiger partial charge in [-0.15, -0.1) is 0 Å². The van der Waals surface area contributed by atoms with E-state index in [1.807, 2.05) is 0 Å². The number of rotatable bonds is 7. The van der Waals surface area contributed by atoms with Gasteiger partial charge in [0.25, 0.3) is 0 Å². The molecule has 2 N–H and O–H groups in total. The fourth-order valence-electron chi connectivity index (χ4n) is 1.45. The van der Waals surface area contributed by atoms with E-state index >= 15 is 0 Å². The Balaban J connectivity index is 2.86. The third-order valence-electron chi connectivity index (χ3n) is 2.55. The maximum Gasteiger partial charge on any atom is 0.301 e. The van der Waals surface area contributed by atoms with Gasteiger partial charge in [-0.05, 0) is 32.1 Å². The molecule has 0 bridgehead atoms. The number of nitrogens with zero attached hydrogens (tertiary/aromatic N) is 1. The summed E-state index contributed by atoms with van der Waals surface area (Å²) in [5.74, 6) is 0. The van der Waals surface area contributed by atoms with Gasteiger partial charge >= 0.3 is 10.2 Å². The average molecular weight is 361 g/mol. The Labute approximate surface area is 134 Å². The van der Waals surface area contributed by atoms with E-state index in [1.165, 1.54) is 23.5 Å². The molecular formula is C11H16Cl3N3O2S. The molecule has 0 aliphatic heterocycles. The minimum atomic E-state index is -3.71. The molecule has 5 nitrogen and oxygen atoms in total. The Kier molecular flexibility index (Phi) is 6.84. The summed E-state index contributed by atoms with van der Waals surface area (Å²) in [6, 6.07) is 2.85. The molecule has 0 saturated carbocycles. The van der Waals surface area contributed by atoms with Gasteiger partial charge in [-0.1, -0.05) is 34.8 Å². The molecule has 0 fully saturated rings. The summed E-state index contributed by atoms with van der Waals surface area (Å²) in [7, 11) is -0.421. The van der Waals surface area contributed by atoms with Crippen LogP contribution in [-0.2, 0) is 10.2 Å². The molecule has 0 radical (unpaired) electrons. The largest absolute Gasteiger partial charge is 0.320 e. The quantitative estimate of drug-likeness (QED) is 0.735. The van der Waals surface area contributed by atoms with Crippen LogP contribution in [0.4, 0.5) is 5.69 Å². The van der Waals surface area contributed by atoms with Crippen LogP contribution in [0.5, 0.6) is 0 Å². The molecule has 0 aromatic heterocycles. The predicted molar refractivity (Wildman–Crippen MR) is 85.2 cm³/mol. The van der Waals surface area contributed by atoms with E-state index in [4.69, 9.17) is 34.8 Å². The van der Waals surface area contributed by atoms with Gasteiger partial charge in [-0.2, -0.15) is 12.7 Å². The lowest BCUT2D eigenvalue weighted by atomic mass is 10.3. The first-order chi connectivity index (χ1) is 9.27. The van der Waals surface area contributed by atoms with Gasteiger partial charge in [0.05, 0.1) is 15.7 Å². The molecule has 9 heteroatoms. The Morgan fingerprint density at radius 1 is 1.20 bits per heavy atom. The third kappa shape index (κ3) is 4.95. The Hall–Kier alpha value is -0.240. The first kappa shape index (κ1) is 17.8. The van der Waals surface area contributed by atoms with Crippen molar-refractivity contribution in [3.05, 3.63) is 27.2 Å². The van der Waals surface area contributed by atoms with Gasteiger partial charge in [0.1, 0.15) is 0 Å². The van der Waals surface area contributed by atoms with E-state index in [0.29, 0.717) is 18.0 Å². The fraction of sp³-hybridized carbons (Fsp3) is 0.455. The smallest absolute Gasteiger partial charge is 0.301 e. The van der Waals surface area contributed by atoms with Crippen LogP contribution in [0, 0.1) is 0 Å². The zero-order valence-electron chi connectivity index (χ0n) is 11.1. The van der Waals surface area contributed by atoms with E-state index in [0.717, 1.165) is 6.54 Å². The number of hydrogen-bond donors (Lipinski definition) is 2. The van der Waals surface area contributed by atoms with Crippen molar-refractivity contribution in [2.24, 2.45) is 0 Å². The van der Waals surface area contributed by atoms with Crippen LogP contribution in [0.1, 0.15) is 6.42 Å². The van der Waals surface area contributed by atoms with Crippen LogP contribution in [0.3, 0.4) is 0 Å². The Morgan fingerprint density at radius 2 is 1.75 bits per heavy atom. The summed E-state index contributed by atoms with van der Waals surface area (Å²) in [5, 5.41) is 3.58. The normalized spacial score (nSPS) is 11.9. The maximum atomic E-state index is 12.1. The average Bonchev–Trinajstić information content (AvgIpc) is 2.34. The van der Waals surface area contributed by atoms with Crippen LogP contribution in [0.15, 0.2) is 12.1 Å². The molecule has 0 unspecified atom stereocenters. The lowest BCUT2D eigenvalue weighted by molar-refractivity contribution is 0.462. The van der Waals surface area contributed by atoms with Crippen molar-refractivity contribution in [3.63, 3.8) is 0 Å². The van der Waals surface area contributed by atoms with Crippen LogP contribution >= 0.6 is 34.8 Å². The van der Waals surface area contributed by atoms with Crippen LogP contribution in [0.25, 0.3) is 0 Å². The third-order valence-corrected chi connectivity index (χ3v) is 4.83. The number of nitrogens with one attached hydrogen (secondary N) is 2. The highest BCUT2D eigenvalue weighted by molar-refractivity contribution is 7.90. The van der Waals surface area contributed by atoms with Crippen LogP contribution in [-0.4, -0.2) is 39.9 Å². The van der Waals surface area contributed by atoms with Crippen molar-refractivity contribution in [2.75, 3.05) is 31.9 Å². The molecule has 0 aliphatic rings. The van der Waals surface area contributed by atoms with E-state index < -0.39 is 10.2 Å². The summed E-state index contributed by atoms with van der Waals surface area (Å²) >= 11 is 17.7. The van der Waals surface area contributed by atoms with Crippen LogP contribution < -0.4 is 10.0 Å². The van der Waals surface area contributed by atoms with Gasteiger partial charge in [0, 0.05) is 18.6 Å². The van der Waals surface area contributed by atoms with E-state index in [-0.39, 0.29) is 15.7 Å². The van der Waals surface area contributed by atoms with Crippen molar-refractivity contribution in [3.8, 4) is 0 Å². The molecule has 0 aliphatic carbocycles. The molecule has 0 amide bonds. The summed E-state index contributed by atoms with van der Waals surface area (Å²) in [4.78, 5) is 0. The van der Waals surface area contributed by atoms with Crippen molar-refractivity contribution < 1.29 is 8.42 Å². The molecule has 20 heavy (non-hydrogen) atoms. The molecule has 0 spiro atoms. The highest BCUT2D eigenvalue weighted by atomic mass is 35.5. The summed E-state index contributed by atoms with van der Waals surface area (Å²) < 4.78 is 27.8.